The molecule has 2 aromatic heterocycles. The van der Waals surface area contributed by atoms with Crippen molar-refractivity contribution >= 4 is 47.9 Å². The molecule has 4 heterocycles. The van der Waals surface area contributed by atoms with Gasteiger partial charge in [0.1, 0.15) is 11.7 Å². The molecular weight excluding hydrogens is 848 g/mol. The lowest BCUT2D eigenvalue weighted by Gasteiger charge is -2.38. The van der Waals surface area contributed by atoms with Gasteiger partial charge >= 0.3 is 13.9 Å². The van der Waals surface area contributed by atoms with Gasteiger partial charge in [-0.1, -0.05) is 133 Å². The van der Waals surface area contributed by atoms with E-state index >= 15 is 0 Å². The summed E-state index contributed by atoms with van der Waals surface area (Å²) < 4.78 is 52.3. The molecule has 2 unspecified atom stereocenters. The molecule has 16 nitrogen and oxygen atoms in total. The highest BCUT2D eigenvalue weighted by Crippen LogP contribution is 2.50. The Morgan fingerprint density at radius 3 is 2.11 bits per heavy atom. The summed E-state index contributed by atoms with van der Waals surface area (Å²) in [6.45, 7) is 4.96. The number of nitrogen functional groups attached to an aromatic ring is 1. The van der Waals surface area contributed by atoms with Crippen LogP contribution in [0.1, 0.15) is 49.3 Å². The second-order valence-electron chi connectivity index (χ2n) is 15.9. The molecule has 6 aromatic rings. The third-order valence-corrected chi connectivity index (χ3v) is 13.7. The average Bonchev–Trinajstić information content (AvgIpc) is 3.93. The van der Waals surface area contributed by atoms with Crippen LogP contribution in [0.5, 0.6) is 0 Å². The number of aromatic amines is 1. The Hall–Kier alpha value is -5.65. The number of fused-ring (bicyclic) bond motifs is 2. The van der Waals surface area contributed by atoms with Gasteiger partial charge in [-0.05, 0) is 43.0 Å². The van der Waals surface area contributed by atoms with E-state index in [1.807, 2.05) is 135 Å². The largest absolute Gasteiger partial charge is 0.509 e. The molecule has 2 aliphatic heterocycles. The van der Waals surface area contributed by atoms with Crippen LogP contribution < -0.4 is 16.4 Å². The fourth-order valence-electron chi connectivity index (χ4n) is 7.76. The van der Waals surface area contributed by atoms with Crippen molar-refractivity contribution in [3.63, 3.8) is 0 Å². The van der Waals surface area contributed by atoms with Crippen LogP contribution >= 0.6 is 19.5 Å². The summed E-state index contributed by atoms with van der Waals surface area (Å²) >= 11 is 1.04. The molecule has 0 spiro atoms. The summed E-state index contributed by atoms with van der Waals surface area (Å²) in [4.78, 5) is 49.8. The minimum atomic E-state index is -4.13. The molecule has 0 radical (unpaired) electrons. The van der Waals surface area contributed by atoms with Gasteiger partial charge in [0.15, 0.2) is 34.2 Å². The third-order valence-electron chi connectivity index (χ3n) is 11.0. The highest BCUT2D eigenvalue weighted by atomic mass is 32.2. The molecule has 0 bridgehead atoms. The van der Waals surface area contributed by atoms with Crippen LogP contribution in [0.4, 0.5) is 10.7 Å². The SMILES string of the molecule is CC(C)(COC(c1ccccc1)(c1ccccc1)c1ccccc1)C(=O)SCCOP(=O)(NCc1ccccc1)OC[C@H]1OC(n2cnc3c(=O)[nH]c(N)nc32)[C@@]2(C)OC(=O)O[C@@H]12. The van der Waals surface area contributed by atoms with Gasteiger partial charge in [-0.25, -0.2) is 19.4 Å². The number of anilines is 1. The van der Waals surface area contributed by atoms with Crippen LogP contribution in [0.2, 0.25) is 0 Å². The van der Waals surface area contributed by atoms with E-state index in [0.717, 1.165) is 34.0 Å². The van der Waals surface area contributed by atoms with Crippen LogP contribution in [0.25, 0.3) is 11.2 Å². The molecular formula is C45H47N6O10PS. The van der Waals surface area contributed by atoms with Crippen LogP contribution in [0, 0.1) is 5.41 Å². The number of ether oxygens (including phenoxy) is 4. The number of nitrogens with one attached hydrogen (secondary N) is 2. The minimum Gasteiger partial charge on any atom is -0.424 e. The molecule has 0 aliphatic carbocycles. The molecule has 0 amide bonds. The average molecular weight is 895 g/mol. The third kappa shape index (κ3) is 9.09. The molecule has 2 fully saturated rings. The standard InChI is InChI=1S/C45H47N6O10PS/c1-43(2,28-56-45(31-18-10-5-11-19-31,32-20-12-6-13-21-32)33-22-14-7-15-23-33)40(53)63-25-24-57-62(55,48-26-30-16-8-4-9-17-30)58-27-34-36-44(3,61-42(54)60-36)39(59-34)51-29-47-35-37(51)49-41(46)50-38(35)52/h4-23,29,34,36,39H,24-28H2,1-3H3,(H,48,55)(H3,46,49,50,52)/t34-,36+,39?,44+,62?/m1/s1. The number of carbonyl (C=O) groups excluding carboxylic acids is 2. The van der Waals surface area contributed by atoms with Crippen molar-refractivity contribution in [1.82, 2.24) is 24.6 Å². The second kappa shape index (κ2) is 18.2. The van der Waals surface area contributed by atoms with Gasteiger partial charge in [-0.15, -0.1) is 0 Å². The number of imidazole rings is 1. The van der Waals surface area contributed by atoms with E-state index in [1.54, 1.807) is 6.92 Å². The smallest absolute Gasteiger partial charge is 0.424 e. The van der Waals surface area contributed by atoms with Crippen molar-refractivity contribution in [2.24, 2.45) is 5.41 Å². The number of hydrogen-bond donors (Lipinski definition) is 3. The first-order valence-corrected chi connectivity index (χ1v) is 22.8. The fraction of sp³-hybridized carbons (Fsp3) is 0.311. The van der Waals surface area contributed by atoms with Crippen molar-refractivity contribution in [2.45, 2.75) is 57.0 Å². The lowest BCUT2D eigenvalue weighted by atomic mass is 9.79. The zero-order valence-electron chi connectivity index (χ0n) is 34.7. The van der Waals surface area contributed by atoms with Gasteiger partial charge in [0.05, 0.1) is 31.6 Å². The molecule has 2 saturated heterocycles. The molecule has 63 heavy (non-hydrogen) atoms. The van der Waals surface area contributed by atoms with Crippen LogP contribution in [-0.4, -0.2) is 74.2 Å². The predicted octanol–water partition coefficient (Wildman–Crippen LogP) is 7.12. The van der Waals surface area contributed by atoms with Crippen molar-refractivity contribution in [1.29, 1.82) is 0 Å². The number of aromatic nitrogens is 4. The Bertz CT molecular complexity index is 2560. The zero-order valence-corrected chi connectivity index (χ0v) is 36.5. The van der Waals surface area contributed by atoms with E-state index in [1.165, 1.54) is 10.9 Å². The van der Waals surface area contributed by atoms with Crippen molar-refractivity contribution in [2.75, 3.05) is 31.3 Å². The minimum absolute atomic E-state index is 0.00663. The number of H-pyrrole nitrogens is 1. The zero-order chi connectivity index (χ0) is 44.2. The number of benzene rings is 4. The molecule has 18 heteroatoms. The molecule has 4 N–H and O–H groups in total. The number of rotatable bonds is 18. The Labute approximate surface area is 367 Å². The monoisotopic (exact) mass is 894 g/mol. The van der Waals surface area contributed by atoms with Gasteiger partial charge in [-0.2, -0.15) is 4.98 Å². The van der Waals surface area contributed by atoms with Crippen LogP contribution in [0.3, 0.4) is 0 Å². The molecule has 4 aromatic carbocycles. The number of nitrogens with zero attached hydrogens (tertiary/aromatic N) is 3. The Kier molecular flexibility index (Phi) is 12.7. The first kappa shape index (κ1) is 44.0. The number of hydrogen-bond acceptors (Lipinski definition) is 14. The van der Waals surface area contributed by atoms with Gasteiger partial charge in [0.2, 0.25) is 5.95 Å². The van der Waals surface area contributed by atoms with E-state index < -0.39 is 54.5 Å². The topological polar surface area (TPSA) is 208 Å². The van der Waals surface area contributed by atoms with E-state index in [9.17, 15) is 18.9 Å². The van der Waals surface area contributed by atoms with Gasteiger partial charge in [-0.3, -0.25) is 28.2 Å². The molecule has 2 aliphatic rings. The Morgan fingerprint density at radius 1 is 0.921 bits per heavy atom. The lowest BCUT2D eigenvalue weighted by molar-refractivity contribution is -0.124. The van der Waals surface area contributed by atoms with Crippen LogP contribution in [0.15, 0.2) is 132 Å². The summed E-state index contributed by atoms with van der Waals surface area (Å²) in [5.74, 6) is -0.00921. The maximum atomic E-state index is 14.5. The molecule has 328 valence electrons. The Morgan fingerprint density at radius 2 is 1.51 bits per heavy atom. The lowest BCUT2D eigenvalue weighted by Crippen LogP contribution is -2.42. The quantitative estimate of drug-likeness (QED) is 0.0340. The summed E-state index contributed by atoms with van der Waals surface area (Å²) in [6.07, 6.45) is -2.77. The summed E-state index contributed by atoms with van der Waals surface area (Å²) in [6, 6.07) is 39.1. The van der Waals surface area contributed by atoms with E-state index in [4.69, 9.17) is 33.7 Å². The van der Waals surface area contributed by atoms with E-state index in [2.05, 4.69) is 20.0 Å². The van der Waals surface area contributed by atoms with Crippen LogP contribution in [-0.2, 0) is 49.5 Å². The second-order valence-corrected chi connectivity index (χ2v) is 18.8. The van der Waals surface area contributed by atoms with Gasteiger partial charge < -0.3 is 24.7 Å². The van der Waals surface area contributed by atoms with Crippen molar-refractivity contribution in [3.05, 3.63) is 160 Å². The van der Waals surface area contributed by atoms with E-state index in [0.29, 0.717) is 0 Å². The highest BCUT2D eigenvalue weighted by Gasteiger charge is 2.64. The maximum Gasteiger partial charge on any atom is 0.509 e. The van der Waals surface area contributed by atoms with Gasteiger partial charge in [0.25, 0.3) is 5.56 Å². The first-order valence-electron chi connectivity index (χ1n) is 20.2. The highest BCUT2D eigenvalue weighted by molar-refractivity contribution is 8.13. The normalized spacial score (nSPS) is 20.8. The van der Waals surface area contributed by atoms with E-state index in [-0.39, 0.29) is 54.3 Å². The van der Waals surface area contributed by atoms with Crippen molar-refractivity contribution in [3.8, 4) is 0 Å². The van der Waals surface area contributed by atoms with Crippen molar-refractivity contribution < 1.29 is 42.1 Å². The maximum absolute atomic E-state index is 14.5. The fourth-order valence-corrected chi connectivity index (χ4v) is 9.99. The molecule has 5 atom stereocenters. The Balaban J connectivity index is 0.952. The molecule has 0 saturated carbocycles. The number of thioether (sulfide) groups is 1. The number of nitrogens with two attached hydrogens (primary N) is 1. The summed E-state index contributed by atoms with van der Waals surface area (Å²) in [5, 5.41) is 2.76. The summed E-state index contributed by atoms with van der Waals surface area (Å²) in [7, 11) is -4.13. The van der Waals surface area contributed by atoms with Gasteiger partial charge in [0, 0.05) is 12.3 Å². The first-order chi connectivity index (χ1) is 30.3. The summed E-state index contributed by atoms with van der Waals surface area (Å²) in [5.41, 5.74) is 5.51. The number of carbonyl (C=O) groups is 2. The predicted molar refractivity (Wildman–Crippen MR) is 235 cm³/mol. The molecule has 8 rings (SSSR count).